The molecule has 4 nitrogen and oxygen atoms in total. The lowest BCUT2D eigenvalue weighted by molar-refractivity contribution is -0.0222. The van der Waals surface area contributed by atoms with Crippen LogP contribution in [0, 0.1) is 5.92 Å². The molecule has 1 saturated heterocycles. The molecule has 4 heteroatoms. The van der Waals surface area contributed by atoms with Gasteiger partial charge in [0.1, 0.15) is 5.60 Å². The standard InChI is InChI=1S/C15H27NO3/c1-5-12-10-16(14(17)19-15(2,3)4)9-8-13(18-12)11-6-7-11/h11-13H,5-10H2,1-4H3. The maximum atomic E-state index is 12.2. The van der Waals surface area contributed by atoms with Gasteiger partial charge in [0, 0.05) is 6.54 Å². The van der Waals surface area contributed by atoms with Crippen molar-refractivity contribution in [2.45, 2.75) is 71.2 Å². The Balaban J connectivity index is 1.95. The van der Waals surface area contributed by atoms with E-state index in [1.807, 2.05) is 25.7 Å². The van der Waals surface area contributed by atoms with Gasteiger partial charge in [-0.1, -0.05) is 6.92 Å². The minimum Gasteiger partial charge on any atom is -0.444 e. The molecule has 0 aromatic heterocycles. The summed E-state index contributed by atoms with van der Waals surface area (Å²) in [6.45, 7) is 9.25. The lowest BCUT2D eigenvalue weighted by Gasteiger charge is -2.27. The summed E-state index contributed by atoms with van der Waals surface area (Å²) in [5, 5.41) is 0. The van der Waals surface area contributed by atoms with Gasteiger partial charge in [-0.3, -0.25) is 0 Å². The van der Waals surface area contributed by atoms with Crippen LogP contribution in [-0.2, 0) is 9.47 Å². The molecule has 1 amide bonds. The van der Waals surface area contributed by atoms with E-state index in [2.05, 4.69) is 6.92 Å². The van der Waals surface area contributed by atoms with Crippen LogP contribution >= 0.6 is 0 Å². The summed E-state index contributed by atoms with van der Waals surface area (Å²) in [6, 6.07) is 0. The van der Waals surface area contributed by atoms with Gasteiger partial charge in [0.05, 0.1) is 18.8 Å². The Morgan fingerprint density at radius 2 is 2.00 bits per heavy atom. The molecule has 19 heavy (non-hydrogen) atoms. The van der Waals surface area contributed by atoms with Crippen molar-refractivity contribution in [3.05, 3.63) is 0 Å². The molecule has 2 unspecified atom stereocenters. The highest BCUT2D eigenvalue weighted by Gasteiger charge is 2.37. The maximum Gasteiger partial charge on any atom is 0.410 e. The Morgan fingerprint density at radius 1 is 1.32 bits per heavy atom. The smallest absolute Gasteiger partial charge is 0.410 e. The van der Waals surface area contributed by atoms with E-state index >= 15 is 0 Å². The van der Waals surface area contributed by atoms with Gasteiger partial charge >= 0.3 is 6.09 Å². The Kier molecular flexibility index (Phi) is 4.39. The summed E-state index contributed by atoms with van der Waals surface area (Å²) in [7, 11) is 0. The molecular formula is C15H27NO3. The molecule has 2 aliphatic rings. The molecular weight excluding hydrogens is 242 g/mol. The van der Waals surface area contributed by atoms with Crippen molar-refractivity contribution in [2.75, 3.05) is 13.1 Å². The van der Waals surface area contributed by atoms with Crippen LogP contribution in [0.15, 0.2) is 0 Å². The van der Waals surface area contributed by atoms with Gasteiger partial charge in [-0.2, -0.15) is 0 Å². The number of ether oxygens (including phenoxy) is 2. The Bertz CT molecular complexity index is 320. The largest absolute Gasteiger partial charge is 0.444 e. The fourth-order valence-corrected chi connectivity index (χ4v) is 2.51. The first-order chi connectivity index (χ1) is 8.89. The van der Waals surface area contributed by atoms with Crippen molar-refractivity contribution in [2.24, 2.45) is 5.92 Å². The van der Waals surface area contributed by atoms with Crippen molar-refractivity contribution in [1.29, 1.82) is 0 Å². The number of rotatable bonds is 2. The van der Waals surface area contributed by atoms with Crippen molar-refractivity contribution < 1.29 is 14.3 Å². The van der Waals surface area contributed by atoms with Crippen LogP contribution in [-0.4, -0.2) is 41.9 Å². The second kappa shape index (κ2) is 5.70. The molecule has 0 aromatic rings. The molecule has 0 N–H and O–H groups in total. The van der Waals surface area contributed by atoms with Gasteiger partial charge < -0.3 is 14.4 Å². The molecule has 0 aromatic carbocycles. The summed E-state index contributed by atoms with van der Waals surface area (Å²) in [4.78, 5) is 14.0. The number of carbonyl (C=O) groups excluding carboxylic acids is 1. The topological polar surface area (TPSA) is 38.8 Å². The molecule has 0 spiro atoms. The van der Waals surface area contributed by atoms with Gasteiger partial charge in [0.25, 0.3) is 0 Å². The van der Waals surface area contributed by atoms with E-state index in [-0.39, 0.29) is 12.2 Å². The van der Waals surface area contributed by atoms with Crippen molar-refractivity contribution in [3.8, 4) is 0 Å². The third-order valence-electron chi connectivity index (χ3n) is 3.73. The van der Waals surface area contributed by atoms with Crippen LogP contribution in [0.1, 0.15) is 53.4 Å². The van der Waals surface area contributed by atoms with Gasteiger partial charge in [0.15, 0.2) is 0 Å². The van der Waals surface area contributed by atoms with E-state index in [4.69, 9.17) is 9.47 Å². The van der Waals surface area contributed by atoms with E-state index in [1.54, 1.807) is 0 Å². The van der Waals surface area contributed by atoms with Gasteiger partial charge in [-0.05, 0) is 52.4 Å². The first-order valence-corrected chi connectivity index (χ1v) is 7.52. The van der Waals surface area contributed by atoms with E-state index in [1.165, 1.54) is 12.8 Å². The Morgan fingerprint density at radius 3 is 2.53 bits per heavy atom. The number of hydrogen-bond acceptors (Lipinski definition) is 3. The Labute approximate surface area is 116 Å². The number of carbonyl (C=O) groups is 1. The number of hydrogen-bond donors (Lipinski definition) is 0. The molecule has 2 atom stereocenters. The number of nitrogens with zero attached hydrogens (tertiary/aromatic N) is 1. The quantitative estimate of drug-likeness (QED) is 0.772. The van der Waals surface area contributed by atoms with Crippen LogP contribution in [0.4, 0.5) is 4.79 Å². The first-order valence-electron chi connectivity index (χ1n) is 7.52. The van der Waals surface area contributed by atoms with Crippen molar-refractivity contribution >= 4 is 6.09 Å². The molecule has 1 aliphatic carbocycles. The molecule has 1 heterocycles. The van der Waals surface area contributed by atoms with Crippen LogP contribution in [0.3, 0.4) is 0 Å². The van der Waals surface area contributed by atoms with Crippen molar-refractivity contribution in [3.63, 3.8) is 0 Å². The minimum atomic E-state index is -0.429. The highest BCUT2D eigenvalue weighted by molar-refractivity contribution is 5.68. The minimum absolute atomic E-state index is 0.153. The molecule has 0 radical (unpaired) electrons. The molecule has 0 bridgehead atoms. The average Bonchev–Trinajstić information content (AvgIpc) is 3.12. The third-order valence-corrected chi connectivity index (χ3v) is 3.73. The van der Waals surface area contributed by atoms with E-state index < -0.39 is 5.60 Å². The summed E-state index contributed by atoms with van der Waals surface area (Å²) in [5.74, 6) is 0.729. The lowest BCUT2D eigenvalue weighted by atomic mass is 10.1. The van der Waals surface area contributed by atoms with Gasteiger partial charge in [-0.25, -0.2) is 4.79 Å². The zero-order valence-corrected chi connectivity index (χ0v) is 12.6. The Hall–Kier alpha value is -0.770. The lowest BCUT2D eigenvalue weighted by Crippen LogP contribution is -2.40. The highest BCUT2D eigenvalue weighted by atomic mass is 16.6. The first kappa shape index (κ1) is 14.6. The van der Waals surface area contributed by atoms with E-state index in [0.717, 1.165) is 25.3 Å². The van der Waals surface area contributed by atoms with Gasteiger partial charge in [-0.15, -0.1) is 0 Å². The molecule has 1 aliphatic heterocycles. The predicted molar refractivity (Wildman–Crippen MR) is 74.1 cm³/mol. The summed E-state index contributed by atoms with van der Waals surface area (Å²) in [5.41, 5.74) is -0.429. The highest BCUT2D eigenvalue weighted by Crippen LogP contribution is 2.37. The molecule has 1 saturated carbocycles. The third kappa shape index (κ3) is 4.37. The SMILES string of the molecule is CCC1CN(C(=O)OC(C)(C)C)CCC(C2CC2)O1. The fraction of sp³-hybridized carbons (Fsp3) is 0.933. The van der Waals surface area contributed by atoms with Gasteiger partial charge in [0.2, 0.25) is 0 Å². The van der Waals surface area contributed by atoms with Crippen molar-refractivity contribution in [1.82, 2.24) is 4.90 Å². The zero-order chi connectivity index (χ0) is 14.0. The summed E-state index contributed by atoms with van der Waals surface area (Å²) >= 11 is 0. The molecule has 2 rings (SSSR count). The zero-order valence-electron chi connectivity index (χ0n) is 12.6. The summed E-state index contributed by atoms with van der Waals surface area (Å²) < 4.78 is 11.6. The van der Waals surface area contributed by atoms with Crippen LogP contribution in [0.5, 0.6) is 0 Å². The molecule has 2 fully saturated rings. The maximum absolute atomic E-state index is 12.2. The second-order valence-electron chi connectivity index (χ2n) is 6.76. The van der Waals surface area contributed by atoms with Crippen LogP contribution in [0.2, 0.25) is 0 Å². The molecule has 110 valence electrons. The normalized spacial score (nSPS) is 28.9. The summed E-state index contributed by atoms with van der Waals surface area (Å²) in [6.07, 6.45) is 4.76. The monoisotopic (exact) mass is 269 g/mol. The van der Waals surface area contributed by atoms with Crippen LogP contribution < -0.4 is 0 Å². The average molecular weight is 269 g/mol. The fourth-order valence-electron chi connectivity index (χ4n) is 2.51. The predicted octanol–water partition coefficient (Wildman–Crippen LogP) is 3.20. The number of amides is 1. The van der Waals surface area contributed by atoms with E-state index in [9.17, 15) is 4.79 Å². The second-order valence-corrected chi connectivity index (χ2v) is 6.76. The van der Waals surface area contributed by atoms with E-state index in [0.29, 0.717) is 12.6 Å². The van der Waals surface area contributed by atoms with Crippen LogP contribution in [0.25, 0.3) is 0 Å².